The van der Waals surface area contributed by atoms with Crippen molar-refractivity contribution in [3.63, 3.8) is 0 Å². The summed E-state index contributed by atoms with van der Waals surface area (Å²) in [5, 5.41) is 3.98. The second-order valence-electron chi connectivity index (χ2n) is 8.06. The Bertz CT molecular complexity index is 1420. The van der Waals surface area contributed by atoms with Gasteiger partial charge in [-0.15, -0.1) is 6.58 Å². The molecule has 0 spiro atoms. The molecule has 3 aromatic carbocycles. The van der Waals surface area contributed by atoms with E-state index in [9.17, 15) is 9.59 Å². The zero-order valence-corrected chi connectivity index (χ0v) is 21.5. The summed E-state index contributed by atoms with van der Waals surface area (Å²) in [5.41, 5.74) is 2.62. The first-order chi connectivity index (χ1) is 17.9. The van der Waals surface area contributed by atoms with Gasteiger partial charge in [0.1, 0.15) is 12.3 Å². The molecular formula is C28H24Cl2N4O3. The van der Waals surface area contributed by atoms with Crippen LogP contribution in [0.25, 0.3) is 16.9 Å². The van der Waals surface area contributed by atoms with Crippen LogP contribution < -0.4 is 10.1 Å². The Morgan fingerprint density at radius 2 is 1.73 bits per heavy atom. The molecule has 188 valence electrons. The minimum absolute atomic E-state index is 0.190. The van der Waals surface area contributed by atoms with Crippen molar-refractivity contribution in [1.29, 1.82) is 0 Å². The molecule has 4 rings (SSSR count). The van der Waals surface area contributed by atoms with Crippen LogP contribution in [0, 0.1) is 0 Å². The van der Waals surface area contributed by atoms with Gasteiger partial charge >= 0.3 is 0 Å². The summed E-state index contributed by atoms with van der Waals surface area (Å²) in [6.45, 7) is 3.70. The lowest BCUT2D eigenvalue weighted by atomic mass is 10.2. The molecule has 0 bridgehead atoms. The van der Waals surface area contributed by atoms with Crippen molar-refractivity contribution >= 4 is 41.0 Å². The lowest BCUT2D eigenvalue weighted by Crippen LogP contribution is -2.38. The largest absolute Gasteiger partial charge is 0.497 e. The van der Waals surface area contributed by atoms with Crippen molar-refractivity contribution in [2.24, 2.45) is 0 Å². The van der Waals surface area contributed by atoms with E-state index >= 15 is 0 Å². The molecule has 0 radical (unpaired) electrons. The fourth-order valence-electron chi connectivity index (χ4n) is 3.67. The number of ether oxygens (including phenoxy) is 1. The zero-order valence-electron chi connectivity index (χ0n) is 20.0. The highest BCUT2D eigenvalue weighted by Crippen LogP contribution is 2.27. The first kappa shape index (κ1) is 26.0. The molecule has 2 amide bonds. The van der Waals surface area contributed by atoms with Crippen molar-refractivity contribution in [1.82, 2.24) is 14.5 Å². The smallest absolute Gasteiger partial charge is 0.254 e. The van der Waals surface area contributed by atoms with E-state index in [4.69, 9.17) is 27.9 Å². The average molecular weight is 535 g/mol. The molecule has 0 aliphatic rings. The van der Waals surface area contributed by atoms with E-state index in [1.165, 1.54) is 4.90 Å². The van der Waals surface area contributed by atoms with Gasteiger partial charge in [0.15, 0.2) is 0 Å². The quantitative estimate of drug-likeness (QED) is 0.262. The van der Waals surface area contributed by atoms with Gasteiger partial charge in [0, 0.05) is 40.0 Å². The van der Waals surface area contributed by atoms with Gasteiger partial charge in [-0.05, 0) is 48.5 Å². The number of anilines is 1. The van der Waals surface area contributed by atoms with Crippen LogP contribution >= 0.6 is 23.2 Å². The number of aromatic nitrogens is 2. The van der Waals surface area contributed by atoms with E-state index in [0.29, 0.717) is 33.0 Å². The molecule has 0 fully saturated rings. The predicted molar refractivity (Wildman–Crippen MR) is 147 cm³/mol. The van der Waals surface area contributed by atoms with Crippen molar-refractivity contribution < 1.29 is 14.3 Å². The summed E-state index contributed by atoms with van der Waals surface area (Å²) in [4.78, 5) is 32.2. The maximum atomic E-state index is 13.1. The van der Waals surface area contributed by atoms with Crippen LogP contribution in [0.1, 0.15) is 10.4 Å². The summed E-state index contributed by atoms with van der Waals surface area (Å²) in [5.74, 6) is 0.217. The van der Waals surface area contributed by atoms with Crippen LogP contribution in [0.2, 0.25) is 10.0 Å². The number of nitrogens with one attached hydrogen (secondary N) is 1. The zero-order chi connectivity index (χ0) is 26.4. The van der Waals surface area contributed by atoms with Crippen LogP contribution in [0.3, 0.4) is 0 Å². The lowest BCUT2D eigenvalue weighted by molar-refractivity contribution is -0.116. The lowest BCUT2D eigenvalue weighted by Gasteiger charge is -2.21. The van der Waals surface area contributed by atoms with Crippen molar-refractivity contribution in [2.45, 2.75) is 0 Å². The van der Waals surface area contributed by atoms with E-state index < -0.39 is 5.91 Å². The first-order valence-corrected chi connectivity index (χ1v) is 12.1. The van der Waals surface area contributed by atoms with Gasteiger partial charge in [-0.2, -0.15) is 0 Å². The summed E-state index contributed by atoms with van der Waals surface area (Å²) < 4.78 is 7.11. The number of halogens is 2. The number of rotatable bonds is 9. The van der Waals surface area contributed by atoms with Gasteiger partial charge < -0.3 is 9.64 Å². The third-order valence-corrected chi connectivity index (χ3v) is 5.99. The topological polar surface area (TPSA) is 76.5 Å². The van der Waals surface area contributed by atoms with Crippen LogP contribution in [0.15, 0.2) is 91.6 Å². The molecule has 0 aliphatic heterocycles. The minimum atomic E-state index is -0.415. The average Bonchev–Trinajstić information content (AvgIpc) is 3.32. The maximum absolute atomic E-state index is 13.1. The van der Waals surface area contributed by atoms with E-state index in [1.807, 2.05) is 42.6 Å². The highest BCUT2D eigenvalue weighted by atomic mass is 35.5. The third-order valence-electron chi connectivity index (χ3n) is 5.49. The predicted octanol–water partition coefficient (Wildman–Crippen LogP) is 6.12. The summed E-state index contributed by atoms with van der Waals surface area (Å²) in [6.07, 6.45) is 3.38. The van der Waals surface area contributed by atoms with Gasteiger partial charge in [-0.25, -0.2) is 4.98 Å². The van der Waals surface area contributed by atoms with Gasteiger partial charge in [-0.3, -0.25) is 19.5 Å². The molecule has 0 atom stereocenters. The Labute approximate surface area is 224 Å². The second kappa shape index (κ2) is 11.8. The minimum Gasteiger partial charge on any atom is -0.497 e. The molecule has 0 saturated carbocycles. The number of carbonyl (C=O) groups is 2. The Morgan fingerprint density at radius 3 is 2.38 bits per heavy atom. The number of imidazole rings is 1. The van der Waals surface area contributed by atoms with Gasteiger partial charge in [0.05, 0.1) is 18.5 Å². The maximum Gasteiger partial charge on any atom is 0.254 e. The number of methoxy groups -OCH3 is 1. The fraction of sp³-hybridized carbons (Fsp3) is 0.107. The normalized spacial score (nSPS) is 10.6. The molecule has 1 N–H and O–H groups in total. The summed E-state index contributed by atoms with van der Waals surface area (Å²) in [6, 6.07) is 21.1. The highest BCUT2D eigenvalue weighted by Gasteiger charge is 2.20. The summed E-state index contributed by atoms with van der Waals surface area (Å²) >= 11 is 12.0. The number of amides is 2. The highest BCUT2D eigenvalue weighted by molar-refractivity contribution is 6.31. The summed E-state index contributed by atoms with van der Waals surface area (Å²) in [7, 11) is 1.58. The molecule has 0 aliphatic carbocycles. The first-order valence-electron chi connectivity index (χ1n) is 11.3. The fourth-order valence-corrected chi connectivity index (χ4v) is 3.93. The molecular weight excluding hydrogens is 511 g/mol. The van der Waals surface area contributed by atoms with E-state index in [1.54, 1.807) is 54.2 Å². The number of carbonyl (C=O) groups excluding carboxylic acids is 2. The molecule has 4 aromatic rings. The van der Waals surface area contributed by atoms with Crippen LogP contribution in [0.4, 0.5) is 5.95 Å². The van der Waals surface area contributed by atoms with Gasteiger partial charge in [-0.1, -0.05) is 47.5 Å². The molecule has 1 aromatic heterocycles. The van der Waals surface area contributed by atoms with Crippen LogP contribution in [-0.4, -0.2) is 46.5 Å². The molecule has 37 heavy (non-hydrogen) atoms. The van der Waals surface area contributed by atoms with Crippen molar-refractivity contribution in [3.8, 4) is 22.7 Å². The van der Waals surface area contributed by atoms with Gasteiger partial charge in [0.2, 0.25) is 11.9 Å². The van der Waals surface area contributed by atoms with Crippen LogP contribution in [-0.2, 0) is 4.79 Å². The molecule has 9 heteroatoms. The van der Waals surface area contributed by atoms with E-state index in [2.05, 4.69) is 16.9 Å². The Kier molecular flexibility index (Phi) is 8.28. The number of benzene rings is 3. The third kappa shape index (κ3) is 6.39. The van der Waals surface area contributed by atoms with Crippen LogP contribution in [0.5, 0.6) is 5.75 Å². The Morgan fingerprint density at radius 1 is 1.05 bits per heavy atom. The molecule has 0 saturated heterocycles. The van der Waals surface area contributed by atoms with E-state index in [0.717, 1.165) is 11.3 Å². The van der Waals surface area contributed by atoms with E-state index in [-0.39, 0.29) is 19.0 Å². The Hall–Kier alpha value is -4.07. The number of nitrogens with zero attached hydrogens (tertiary/aromatic N) is 3. The SMILES string of the molecule is C=CCN(CC(=O)Nc1nc(-c2ccc(Cl)cc2)cn1-c1cccc(OC)c1)C(=O)c1ccc(Cl)cc1. The molecule has 0 unspecified atom stereocenters. The number of hydrogen-bond acceptors (Lipinski definition) is 4. The van der Waals surface area contributed by atoms with Crippen molar-refractivity contribution in [2.75, 3.05) is 25.5 Å². The molecule has 1 heterocycles. The Balaban J connectivity index is 1.62. The standard InChI is InChI=1S/C28H24Cl2N4O3/c1-3-15-33(27(36)20-9-13-22(30)14-10-20)18-26(35)32-28-31-25(19-7-11-21(29)12-8-19)17-34(28)23-5-4-6-24(16-23)37-2/h3-14,16-17H,1,15,18H2,2H3,(H,31,32,35). The second-order valence-corrected chi connectivity index (χ2v) is 8.93. The van der Waals surface area contributed by atoms with Gasteiger partial charge in [0.25, 0.3) is 5.91 Å². The molecule has 7 nitrogen and oxygen atoms in total. The monoisotopic (exact) mass is 534 g/mol. The van der Waals surface area contributed by atoms with Crippen molar-refractivity contribution in [3.05, 3.63) is 107 Å². The number of hydrogen-bond donors (Lipinski definition) is 1.